The van der Waals surface area contributed by atoms with Crippen LogP contribution in [0.4, 0.5) is 0 Å². The maximum atomic E-state index is 8.67. The Kier molecular flexibility index (Phi) is 2.65. The van der Waals surface area contributed by atoms with E-state index in [1.165, 1.54) is 0 Å². The highest BCUT2D eigenvalue weighted by Crippen LogP contribution is 2.24. The van der Waals surface area contributed by atoms with Gasteiger partial charge in [0.15, 0.2) is 0 Å². The van der Waals surface area contributed by atoms with E-state index in [1.54, 1.807) is 0 Å². The summed E-state index contributed by atoms with van der Waals surface area (Å²) < 4.78 is 5.40. The number of aliphatic hydroxyl groups excluding tert-OH is 1. The van der Waals surface area contributed by atoms with Crippen molar-refractivity contribution < 1.29 is 9.84 Å². The van der Waals surface area contributed by atoms with Crippen molar-refractivity contribution >= 4 is 10.8 Å². The molecule has 2 heteroatoms. The minimum atomic E-state index is 0.0370. The van der Waals surface area contributed by atoms with E-state index in [1.807, 2.05) is 36.4 Å². The van der Waals surface area contributed by atoms with Crippen molar-refractivity contribution in [2.24, 2.45) is 0 Å². The Labute approximate surface area is 82.8 Å². The summed E-state index contributed by atoms with van der Waals surface area (Å²) in [7, 11) is 0. The summed E-state index contributed by atoms with van der Waals surface area (Å²) in [6.45, 7) is 0.368. The average molecular weight is 187 g/mol. The SMILES string of the molecule is OCCOc1cccc2c[c]ccc12. The van der Waals surface area contributed by atoms with Gasteiger partial charge in [0.1, 0.15) is 12.4 Å². The summed E-state index contributed by atoms with van der Waals surface area (Å²) in [5, 5.41) is 10.8. The zero-order valence-corrected chi connectivity index (χ0v) is 7.73. The first-order valence-electron chi connectivity index (χ1n) is 4.54. The Morgan fingerprint density at radius 2 is 2.21 bits per heavy atom. The van der Waals surface area contributed by atoms with E-state index in [4.69, 9.17) is 9.84 Å². The van der Waals surface area contributed by atoms with Crippen LogP contribution < -0.4 is 4.74 Å². The van der Waals surface area contributed by atoms with Crippen molar-refractivity contribution in [3.05, 3.63) is 42.5 Å². The molecule has 0 aromatic heterocycles. The first kappa shape index (κ1) is 9.03. The van der Waals surface area contributed by atoms with Crippen molar-refractivity contribution in [3.8, 4) is 5.75 Å². The summed E-state index contributed by atoms with van der Waals surface area (Å²) in [4.78, 5) is 0. The van der Waals surface area contributed by atoms with Gasteiger partial charge >= 0.3 is 0 Å². The number of aliphatic hydroxyl groups is 1. The molecule has 0 saturated heterocycles. The van der Waals surface area contributed by atoms with Crippen LogP contribution in [0, 0.1) is 6.07 Å². The summed E-state index contributed by atoms with van der Waals surface area (Å²) in [5.74, 6) is 0.811. The fourth-order valence-electron chi connectivity index (χ4n) is 1.42. The smallest absolute Gasteiger partial charge is 0.127 e. The molecule has 0 aliphatic carbocycles. The fraction of sp³-hybridized carbons (Fsp3) is 0.167. The average Bonchev–Trinajstić information content (AvgIpc) is 2.26. The Balaban J connectivity index is 2.43. The van der Waals surface area contributed by atoms with Crippen molar-refractivity contribution in [2.45, 2.75) is 0 Å². The minimum Gasteiger partial charge on any atom is -0.491 e. The van der Waals surface area contributed by atoms with Gasteiger partial charge in [-0.1, -0.05) is 24.3 Å². The van der Waals surface area contributed by atoms with E-state index in [0.29, 0.717) is 6.61 Å². The molecule has 71 valence electrons. The molecule has 2 aromatic carbocycles. The van der Waals surface area contributed by atoms with E-state index < -0.39 is 0 Å². The lowest BCUT2D eigenvalue weighted by Gasteiger charge is -2.07. The van der Waals surface area contributed by atoms with E-state index >= 15 is 0 Å². The summed E-state index contributed by atoms with van der Waals surface area (Å²) in [6, 6.07) is 14.6. The zero-order chi connectivity index (χ0) is 9.80. The highest BCUT2D eigenvalue weighted by atomic mass is 16.5. The molecule has 0 aliphatic heterocycles. The van der Waals surface area contributed by atoms with Gasteiger partial charge in [-0.3, -0.25) is 0 Å². The number of hydrogen-bond acceptors (Lipinski definition) is 2. The second-order valence-corrected chi connectivity index (χ2v) is 2.98. The van der Waals surface area contributed by atoms with Crippen LogP contribution in [0.3, 0.4) is 0 Å². The maximum absolute atomic E-state index is 8.67. The molecule has 2 rings (SSSR count). The molecule has 0 heterocycles. The molecular weight excluding hydrogens is 176 g/mol. The molecule has 0 fully saturated rings. The molecule has 2 nitrogen and oxygen atoms in total. The topological polar surface area (TPSA) is 29.5 Å². The molecule has 0 saturated carbocycles. The molecule has 0 unspecified atom stereocenters. The van der Waals surface area contributed by atoms with E-state index in [9.17, 15) is 0 Å². The number of benzene rings is 2. The molecular formula is C12H11O2. The Morgan fingerprint density at radius 3 is 3.07 bits per heavy atom. The van der Waals surface area contributed by atoms with Gasteiger partial charge in [0.05, 0.1) is 6.61 Å². The van der Waals surface area contributed by atoms with Gasteiger partial charge in [0.2, 0.25) is 0 Å². The van der Waals surface area contributed by atoms with E-state index in [-0.39, 0.29) is 6.61 Å². The molecule has 2 aromatic rings. The zero-order valence-electron chi connectivity index (χ0n) is 7.73. The number of hydrogen-bond donors (Lipinski definition) is 1. The van der Waals surface area contributed by atoms with Crippen LogP contribution in [-0.2, 0) is 0 Å². The second kappa shape index (κ2) is 4.11. The molecule has 0 amide bonds. The fourth-order valence-corrected chi connectivity index (χ4v) is 1.42. The van der Waals surface area contributed by atoms with Gasteiger partial charge in [-0.2, -0.15) is 0 Å². The summed E-state index contributed by atoms with van der Waals surface area (Å²) >= 11 is 0. The normalized spacial score (nSPS) is 10.4. The maximum Gasteiger partial charge on any atom is 0.127 e. The number of rotatable bonds is 3. The lowest BCUT2D eigenvalue weighted by atomic mass is 10.1. The molecule has 0 bridgehead atoms. The van der Waals surface area contributed by atoms with Crippen LogP contribution >= 0.6 is 0 Å². The van der Waals surface area contributed by atoms with Gasteiger partial charge in [-0.05, 0) is 23.6 Å². The van der Waals surface area contributed by atoms with E-state index in [2.05, 4.69) is 6.07 Å². The van der Waals surface area contributed by atoms with Crippen LogP contribution in [0.2, 0.25) is 0 Å². The van der Waals surface area contributed by atoms with E-state index in [0.717, 1.165) is 16.5 Å². The van der Waals surface area contributed by atoms with Gasteiger partial charge < -0.3 is 9.84 Å². The largest absolute Gasteiger partial charge is 0.491 e. The minimum absolute atomic E-state index is 0.0370. The van der Waals surface area contributed by atoms with Crippen LogP contribution in [0.1, 0.15) is 0 Å². The van der Waals surface area contributed by atoms with Crippen molar-refractivity contribution in [3.63, 3.8) is 0 Å². The standard InChI is InChI=1S/C12H11O2/c13-8-9-14-12-7-3-5-10-4-1-2-6-11(10)12/h2-7,13H,8-9H2. The molecule has 14 heavy (non-hydrogen) atoms. The molecule has 1 N–H and O–H groups in total. The monoisotopic (exact) mass is 187 g/mol. The Hall–Kier alpha value is -1.54. The number of ether oxygens (including phenoxy) is 1. The highest BCUT2D eigenvalue weighted by Gasteiger charge is 1.99. The third kappa shape index (κ3) is 1.70. The highest BCUT2D eigenvalue weighted by molar-refractivity contribution is 5.88. The molecule has 0 atom stereocenters. The van der Waals surface area contributed by atoms with Crippen molar-refractivity contribution in [1.82, 2.24) is 0 Å². The molecule has 0 spiro atoms. The van der Waals surface area contributed by atoms with Gasteiger partial charge in [-0.15, -0.1) is 0 Å². The molecule has 1 radical (unpaired) electrons. The van der Waals surface area contributed by atoms with Crippen LogP contribution in [0.5, 0.6) is 5.75 Å². The van der Waals surface area contributed by atoms with Gasteiger partial charge in [-0.25, -0.2) is 0 Å². The van der Waals surface area contributed by atoms with Crippen molar-refractivity contribution in [2.75, 3.05) is 13.2 Å². The predicted molar refractivity (Wildman–Crippen MR) is 55.4 cm³/mol. The van der Waals surface area contributed by atoms with Crippen LogP contribution in [-0.4, -0.2) is 18.3 Å². The van der Waals surface area contributed by atoms with Gasteiger partial charge in [0, 0.05) is 5.39 Å². The van der Waals surface area contributed by atoms with Crippen molar-refractivity contribution in [1.29, 1.82) is 0 Å². The third-order valence-corrected chi connectivity index (χ3v) is 2.03. The quantitative estimate of drug-likeness (QED) is 0.796. The predicted octanol–water partition coefficient (Wildman–Crippen LogP) is 2.01. The second-order valence-electron chi connectivity index (χ2n) is 2.98. The third-order valence-electron chi connectivity index (χ3n) is 2.03. The lowest BCUT2D eigenvalue weighted by Crippen LogP contribution is -2.01. The Bertz CT molecular complexity index is 418. The first-order chi connectivity index (χ1) is 6.92. The molecule has 0 aliphatic rings. The van der Waals surface area contributed by atoms with Crippen LogP contribution in [0.25, 0.3) is 10.8 Å². The Morgan fingerprint density at radius 1 is 1.29 bits per heavy atom. The van der Waals surface area contributed by atoms with Crippen LogP contribution in [0.15, 0.2) is 36.4 Å². The summed E-state index contributed by atoms with van der Waals surface area (Å²) in [6.07, 6.45) is 0. The lowest BCUT2D eigenvalue weighted by molar-refractivity contribution is 0.203. The number of fused-ring (bicyclic) bond motifs is 1. The first-order valence-corrected chi connectivity index (χ1v) is 4.54. The van der Waals surface area contributed by atoms with Gasteiger partial charge in [0.25, 0.3) is 0 Å². The summed E-state index contributed by atoms with van der Waals surface area (Å²) in [5.41, 5.74) is 0.